The molecule has 2 aromatic carbocycles. The Morgan fingerprint density at radius 1 is 1.19 bits per heavy atom. The van der Waals surface area contributed by atoms with Crippen molar-refractivity contribution in [3.63, 3.8) is 0 Å². The van der Waals surface area contributed by atoms with Crippen LogP contribution in [-0.2, 0) is 6.42 Å². The molecule has 3 aromatic rings. The van der Waals surface area contributed by atoms with Gasteiger partial charge in [0, 0.05) is 6.07 Å². The molecule has 1 unspecified atom stereocenters. The van der Waals surface area contributed by atoms with Crippen LogP contribution in [-0.4, -0.2) is 9.78 Å². The van der Waals surface area contributed by atoms with Crippen LogP contribution in [0.25, 0.3) is 5.69 Å². The number of halogens is 3. The number of benzene rings is 2. The van der Waals surface area contributed by atoms with Crippen molar-refractivity contribution in [1.29, 1.82) is 0 Å². The molecular weight excluding hydrogens is 360 g/mol. The maximum atomic E-state index is 13.9. The molecule has 7 heteroatoms. The van der Waals surface area contributed by atoms with Crippen molar-refractivity contribution in [2.45, 2.75) is 18.9 Å². The van der Waals surface area contributed by atoms with E-state index in [2.05, 4.69) is 16.5 Å². The fourth-order valence-corrected chi connectivity index (χ4v) is 3.44. The largest absolute Gasteiger partial charge is 0.376 e. The zero-order valence-corrected chi connectivity index (χ0v) is 14.3. The van der Waals surface area contributed by atoms with E-state index in [-0.39, 0.29) is 16.8 Å². The van der Waals surface area contributed by atoms with Gasteiger partial charge in [0.25, 0.3) is 5.56 Å². The Labute approximate surface area is 153 Å². The summed E-state index contributed by atoms with van der Waals surface area (Å²) in [5.74, 6) is -1.62. The van der Waals surface area contributed by atoms with E-state index >= 15 is 0 Å². The van der Waals surface area contributed by atoms with E-state index < -0.39 is 17.2 Å². The molecule has 0 bridgehead atoms. The monoisotopic (exact) mass is 373 g/mol. The van der Waals surface area contributed by atoms with E-state index in [1.54, 1.807) is 0 Å². The Balaban J connectivity index is 1.68. The molecule has 132 valence electrons. The molecule has 1 heterocycles. The molecule has 4 rings (SSSR count). The third-order valence-corrected chi connectivity index (χ3v) is 4.88. The van der Waals surface area contributed by atoms with Gasteiger partial charge >= 0.3 is 0 Å². The van der Waals surface area contributed by atoms with Crippen molar-refractivity contribution < 1.29 is 8.78 Å². The smallest absolute Gasteiger partial charge is 0.292 e. The number of nitrogens with one attached hydrogen (secondary N) is 1. The molecule has 0 spiro atoms. The minimum absolute atomic E-state index is 0.0308. The normalized spacial score (nSPS) is 15.7. The average Bonchev–Trinajstić information content (AvgIpc) is 3.03. The lowest BCUT2D eigenvalue weighted by Gasteiger charge is -2.17. The molecule has 1 atom stereocenters. The van der Waals surface area contributed by atoms with Crippen LogP contribution in [0.2, 0.25) is 5.02 Å². The molecule has 1 aliphatic carbocycles. The van der Waals surface area contributed by atoms with E-state index in [4.69, 9.17) is 11.6 Å². The Hall–Kier alpha value is -2.73. The van der Waals surface area contributed by atoms with Crippen LogP contribution >= 0.6 is 11.6 Å². The predicted molar refractivity (Wildman–Crippen MR) is 95.9 cm³/mol. The molecular formula is C19H14ClF2N3O. The summed E-state index contributed by atoms with van der Waals surface area (Å²) in [6.07, 6.45) is 3.20. The minimum atomic E-state index is -0.888. The number of hydrogen-bond acceptors (Lipinski definition) is 3. The van der Waals surface area contributed by atoms with Crippen LogP contribution in [0.4, 0.5) is 14.5 Å². The molecule has 26 heavy (non-hydrogen) atoms. The van der Waals surface area contributed by atoms with Crippen LogP contribution in [0.15, 0.2) is 53.5 Å². The number of anilines is 1. The van der Waals surface area contributed by atoms with Crippen molar-refractivity contribution in [3.05, 3.63) is 86.8 Å². The van der Waals surface area contributed by atoms with Crippen LogP contribution in [0, 0.1) is 11.6 Å². The zero-order chi connectivity index (χ0) is 18.3. The lowest BCUT2D eigenvalue weighted by atomic mass is 10.1. The lowest BCUT2D eigenvalue weighted by Crippen LogP contribution is -2.24. The van der Waals surface area contributed by atoms with Crippen LogP contribution in [0.3, 0.4) is 0 Å². The first-order valence-corrected chi connectivity index (χ1v) is 8.50. The summed E-state index contributed by atoms with van der Waals surface area (Å²) >= 11 is 6.21. The molecule has 1 aliphatic rings. The highest BCUT2D eigenvalue weighted by Gasteiger charge is 2.23. The maximum absolute atomic E-state index is 13.9. The van der Waals surface area contributed by atoms with Crippen molar-refractivity contribution in [2.24, 2.45) is 0 Å². The van der Waals surface area contributed by atoms with Gasteiger partial charge in [0.05, 0.1) is 17.9 Å². The first-order chi connectivity index (χ1) is 12.5. The SMILES string of the molecule is O=c1c(Cl)c(NC2CCc3ccccc32)cnn1-c1ccc(F)cc1F. The summed E-state index contributed by atoms with van der Waals surface area (Å²) in [5.41, 5.74) is 1.98. The molecule has 1 aromatic heterocycles. The fraction of sp³-hybridized carbons (Fsp3) is 0.158. The first-order valence-electron chi connectivity index (χ1n) is 8.12. The summed E-state index contributed by atoms with van der Waals surface area (Å²) in [5, 5.41) is 7.15. The molecule has 1 N–H and O–H groups in total. The van der Waals surface area contributed by atoms with Crippen molar-refractivity contribution in [1.82, 2.24) is 9.78 Å². The summed E-state index contributed by atoms with van der Waals surface area (Å²) in [6, 6.07) is 11.0. The molecule has 0 saturated carbocycles. The summed E-state index contributed by atoms with van der Waals surface area (Å²) in [7, 11) is 0. The highest BCUT2D eigenvalue weighted by atomic mass is 35.5. The van der Waals surface area contributed by atoms with Gasteiger partial charge in [-0.2, -0.15) is 9.78 Å². The van der Waals surface area contributed by atoms with Gasteiger partial charge in [-0.3, -0.25) is 4.79 Å². The zero-order valence-electron chi connectivity index (χ0n) is 13.5. The molecule has 0 amide bonds. The summed E-state index contributed by atoms with van der Waals surface area (Å²) in [6.45, 7) is 0. The van der Waals surface area contributed by atoms with Crippen molar-refractivity contribution in [2.75, 3.05) is 5.32 Å². The van der Waals surface area contributed by atoms with E-state index in [1.165, 1.54) is 11.8 Å². The number of rotatable bonds is 3. The first kappa shape index (κ1) is 16.7. The van der Waals surface area contributed by atoms with Gasteiger partial charge in [-0.05, 0) is 36.1 Å². The predicted octanol–water partition coefficient (Wildman–Crippen LogP) is 4.26. The molecule has 4 nitrogen and oxygen atoms in total. The van der Waals surface area contributed by atoms with Crippen LogP contribution < -0.4 is 10.9 Å². The Kier molecular flexibility index (Phi) is 4.20. The lowest BCUT2D eigenvalue weighted by molar-refractivity contribution is 0.570. The highest BCUT2D eigenvalue weighted by Crippen LogP contribution is 2.34. The van der Waals surface area contributed by atoms with Gasteiger partial charge in [0.1, 0.15) is 16.5 Å². The van der Waals surface area contributed by atoms with Gasteiger partial charge in [0.2, 0.25) is 0 Å². The van der Waals surface area contributed by atoms with Gasteiger partial charge in [-0.15, -0.1) is 0 Å². The van der Waals surface area contributed by atoms with E-state index in [1.807, 2.05) is 18.2 Å². The molecule has 0 aliphatic heterocycles. The number of hydrogen-bond donors (Lipinski definition) is 1. The van der Waals surface area contributed by atoms with E-state index in [9.17, 15) is 13.6 Å². The second-order valence-corrected chi connectivity index (χ2v) is 6.50. The Bertz CT molecular complexity index is 1050. The number of aromatic nitrogens is 2. The Morgan fingerprint density at radius 3 is 2.81 bits per heavy atom. The molecule has 0 saturated heterocycles. The third kappa shape index (κ3) is 2.86. The van der Waals surface area contributed by atoms with E-state index in [0.29, 0.717) is 11.8 Å². The minimum Gasteiger partial charge on any atom is -0.376 e. The van der Waals surface area contributed by atoms with Crippen LogP contribution in [0.1, 0.15) is 23.6 Å². The Morgan fingerprint density at radius 2 is 2.00 bits per heavy atom. The maximum Gasteiger partial charge on any atom is 0.292 e. The molecule has 0 fully saturated rings. The van der Waals surface area contributed by atoms with Gasteiger partial charge in [0.15, 0.2) is 5.82 Å². The van der Waals surface area contributed by atoms with Gasteiger partial charge < -0.3 is 5.32 Å². The van der Waals surface area contributed by atoms with Gasteiger partial charge in [-0.1, -0.05) is 35.9 Å². The topological polar surface area (TPSA) is 46.9 Å². The number of aryl methyl sites for hydroxylation is 1. The average molecular weight is 374 g/mol. The quantitative estimate of drug-likeness (QED) is 0.746. The van der Waals surface area contributed by atoms with Gasteiger partial charge in [-0.25, -0.2) is 8.78 Å². The third-order valence-electron chi connectivity index (χ3n) is 4.52. The fourth-order valence-electron chi connectivity index (χ4n) is 3.25. The second-order valence-electron chi connectivity index (χ2n) is 6.12. The second kappa shape index (κ2) is 6.53. The van der Waals surface area contributed by atoms with Crippen molar-refractivity contribution in [3.8, 4) is 5.69 Å². The number of nitrogens with zero attached hydrogens (tertiary/aromatic N) is 2. The molecule has 0 radical (unpaired) electrons. The number of fused-ring (bicyclic) bond motifs is 1. The van der Waals surface area contributed by atoms with E-state index in [0.717, 1.165) is 35.2 Å². The highest BCUT2D eigenvalue weighted by molar-refractivity contribution is 6.33. The van der Waals surface area contributed by atoms with Crippen molar-refractivity contribution >= 4 is 17.3 Å². The summed E-state index contributed by atoms with van der Waals surface area (Å²) < 4.78 is 27.8. The van der Waals surface area contributed by atoms with Crippen LogP contribution in [0.5, 0.6) is 0 Å². The summed E-state index contributed by atoms with van der Waals surface area (Å²) in [4.78, 5) is 12.5. The standard InChI is InChI=1S/C19H14ClF2N3O/c20-18-16(24-15-7-5-11-3-1-2-4-13(11)15)10-23-25(19(18)26)17-8-6-12(21)9-14(17)22/h1-4,6,8-10,15,24H,5,7H2.